The lowest BCUT2D eigenvalue weighted by Gasteiger charge is -2.30. The van der Waals surface area contributed by atoms with Crippen molar-refractivity contribution in [3.8, 4) is 5.75 Å². The second-order valence-corrected chi connectivity index (χ2v) is 7.58. The summed E-state index contributed by atoms with van der Waals surface area (Å²) in [5.41, 5.74) is 1.40. The first kappa shape index (κ1) is 18.8. The first-order valence-corrected chi connectivity index (χ1v) is 9.90. The van der Waals surface area contributed by atoms with Gasteiger partial charge in [0, 0.05) is 17.0 Å². The molecule has 4 rings (SSSR count). The summed E-state index contributed by atoms with van der Waals surface area (Å²) in [6, 6.07) is 15.0. The first-order chi connectivity index (χ1) is 13.6. The van der Waals surface area contributed by atoms with Crippen molar-refractivity contribution >= 4 is 28.5 Å². The summed E-state index contributed by atoms with van der Waals surface area (Å²) in [6.07, 6.45) is 0.901. The highest BCUT2D eigenvalue weighted by molar-refractivity contribution is 6.32. The number of nitrogens with one attached hydrogen (secondary N) is 2. The van der Waals surface area contributed by atoms with E-state index in [0.29, 0.717) is 28.0 Å². The molecule has 0 aliphatic carbocycles. The fourth-order valence-corrected chi connectivity index (χ4v) is 3.79. The lowest BCUT2D eigenvalue weighted by Crippen LogP contribution is -2.48. The number of fused-ring (bicyclic) bond motifs is 1. The van der Waals surface area contributed by atoms with Gasteiger partial charge in [0.2, 0.25) is 0 Å². The Morgan fingerprint density at radius 1 is 1.25 bits per heavy atom. The van der Waals surface area contributed by atoms with E-state index in [9.17, 15) is 4.79 Å². The average Bonchev–Trinajstić information content (AvgIpc) is 3.08. The quantitative estimate of drug-likeness (QED) is 0.669. The zero-order chi connectivity index (χ0) is 19.5. The molecule has 146 valence electrons. The van der Waals surface area contributed by atoms with Gasteiger partial charge in [0.05, 0.1) is 5.02 Å². The van der Waals surface area contributed by atoms with Crippen LogP contribution in [0, 0.1) is 5.92 Å². The SMILES string of the molecule is CC1CNCCC1NC(=O)c1oc2ccccc2c1COc1ccccc1Cl. The maximum absolute atomic E-state index is 13.0. The molecule has 1 aliphatic rings. The zero-order valence-electron chi connectivity index (χ0n) is 15.7. The fraction of sp³-hybridized carbons (Fsp3) is 0.318. The van der Waals surface area contributed by atoms with E-state index in [1.54, 1.807) is 12.1 Å². The molecule has 28 heavy (non-hydrogen) atoms. The molecule has 2 heterocycles. The maximum Gasteiger partial charge on any atom is 0.287 e. The van der Waals surface area contributed by atoms with Crippen LogP contribution in [0.4, 0.5) is 0 Å². The fourth-order valence-electron chi connectivity index (χ4n) is 3.60. The second kappa shape index (κ2) is 8.25. The molecule has 6 heteroatoms. The Bertz CT molecular complexity index is 985. The molecular formula is C22H23ClN2O3. The van der Waals surface area contributed by atoms with Gasteiger partial charge >= 0.3 is 0 Å². The second-order valence-electron chi connectivity index (χ2n) is 7.18. The van der Waals surface area contributed by atoms with Gasteiger partial charge in [-0.05, 0) is 43.6 Å². The lowest BCUT2D eigenvalue weighted by atomic mass is 9.95. The summed E-state index contributed by atoms with van der Waals surface area (Å²) in [5, 5.41) is 7.89. The van der Waals surface area contributed by atoms with Gasteiger partial charge < -0.3 is 19.8 Å². The number of para-hydroxylation sites is 2. The van der Waals surface area contributed by atoms with Crippen LogP contribution in [0.1, 0.15) is 29.5 Å². The third kappa shape index (κ3) is 3.86. The topological polar surface area (TPSA) is 63.5 Å². The summed E-state index contributed by atoms with van der Waals surface area (Å²) in [5.74, 6) is 1.05. The molecule has 2 atom stereocenters. The Labute approximate surface area is 169 Å². The molecule has 0 radical (unpaired) electrons. The third-order valence-corrected chi connectivity index (χ3v) is 5.53. The van der Waals surface area contributed by atoms with E-state index >= 15 is 0 Å². The maximum atomic E-state index is 13.0. The number of halogens is 1. The number of furan rings is 1. The Kier molecular flexibility index (Phi) is 5.55. The van der Waals surface area contributed by atoms with E-state index in [0.717, 1.165) is 30.5 Å². The molecule has 0 bridgehead atoms. The zero-order valence-corrected chi connectivity index (χ0v) is 16.5. The smallest absolute Gasteiger partial charge is 0.287 e. The number of piperidine rings is 1. The third-order valence-electron chi connectivity index (χ3n) is 5.21. The number of hydrogen-bond donors (Lipinski definition) is 2. The molecule has 1 fully saturated rings. The summed E-state index contributed by atoms with van der Waals surface area (Å²) in [7, 11) is 0. The summed E-state index contributed by atoms with van der Waals surface area (Å²) in [4.78, 5) is 13.0. The highest BCUT2D eigenvalue weighted by atomic mass is 35.5. The number of rotatable bonds is 5. The number of amides is 1. The van der Waals surface area contributed by atoms with Crippen LogP contribution in [0.15, 0.2) is 52.9 Å². The molecule has 0 spiro atoms. The van der Waals surface area contributed by atoms with Crippen LogP contribution in [0.3, 0.4) is 0 Å². The van der Waals surface area contributed by atoms with E-state index in [2.05, 4.69) is 17.6 Å². The molecule has 1 aliphatic heterocycles. The van der Waals surface area contributed by atoms with E-state index in [4.69, 9.17) is 20.8 Å². The predicted molar refractivity (Wildman–Crippen MR) is 110 cm³/mol. The van der Waals surface area contributed by atoms with Gasteiger partial charge in [0.15, 0.2) is 5.76 Å². The minimum absolute atomic E-state index is 0.124. The molecule has 1 aromatic heterocycles. The van der Waals surface area contributed by atoms with Gasteiger partial charge in [-0.2, -0.15) is 0 Å². The molecule has 2 N–H and O–H groups in total. The Morgan fingerprint density at radius 3 is 2.86 bits per heavy atom. The van der Waals surface area contributed by atoms with Crippen molar-refractivity contribution in [3.63, 3.8) is 0 Å². The predicted octanol–water partition coefficient (Wildman–Crippen LogP) is 4.39. The summed E-state index contributed by atoms with van der Waals surface area (Å²) < 4.78 is 11.8. The van der Waals surface area contributed by atoms with E-state index < -0.39 is 0 Å². The summed E-state index contributed by atoms with van der Waals surface area (Å²) in [6.45, 7) is 4.13. The number of hydrogen-bond acceptors (Lipinski definition) is 4. The molecule has 5 nitrogen and oxygen atoms in total. The monoisotopic (exact) mass is 398 g/mol. The van der Waals surface area contributed by atoms with Crippen LogP contribution in [0.2, 0.25) is 5.02 Å². The van der Waals surface area contributed by atoms with Gasteiger partial charge in [-0.25, -0.2) is 0 Å². The van der Waals surface area contributed by atoms with E-state index in [-0.39, 0.29) is 18.6 Å². The molecule has 2 unspecified atom stereocenters. The number of ether oxygens (including phenoxy) is 1. The summed E-state index contributed by atoms with van der Waals surface area (Å²) >= 11 is 6.20. The average molecular weight is 399 g/mol. The van der Waals surface area contributed by atoms with Crippen molar-refractivity contribution in [1.29, 1.82) is 0 Å². The van der Waals surface area contributed by atoms with Crippen LogP contribution < -0.4 is 15.4 Å². The van der Waals surface area contributed by atoms with Crippen LogP contribution in [-0.2, 0) is 6.61 Å². The highest BCUT2D eigenvalue weighted by Crippen LogP contribution is 2.30. The van der Waals surface area contributed by atoms with Gasteiger partial charge in [-0.3, -0.25) is 4.79 Å². The number of carbonyl (C=O) groups is 1. The molecule has 3 aromatic rings. The van der Waals surface area contributed by atoms with Crippen LogP contribution in [-0.4, -0.2) is 25.0 Å². The van der Waals surface area contributed by atoms with Gasteiger partial charge in [0.1, 0.15) is 17.9 Å². The molecule has 2 aromatic carbocycles. The Morgan fingerprint density at radius 2 is 2.04 bits per heavy atom. The lowest BCUT2D eigenvalue weighted by molar-refractivity contribution is 0.0884. The standard InChI is InChI=1S/C22H23ClN2O3/c1-14-12-24-11-10-18(14)25-22(26)21-16(15-6-2-4-8-19(15)28-21)13-27-20-9-5-3-7-17(20)23/h2-9,14,18,24H,10-13H2,1H3,(H,25,26). The Hall–Kier alpha value is -2.50. The molecular weight excluding hydrogens is 376 g/mol. The molecule has 0 saturated carbocycles. The Balaban J connectivity index is 1.61. The van der Waals surface area contributed by atoms with Crippen molar-refractivity contribution in [1.82, 2.24) is 10.6 Å². The van der Waals surface area contributed by atoms with Crippen molar-refractivity contribution in [2.45, 2.75) is 26.0 Å². The van der Waals surface area contributed by atoms with E-state index in [1.165, 1.54) is 0 Å². The van der Waals surface area contributed by atoms with Gasteiger partial charge in [-0.1, -0.05) is 48.9 Å². The van der Waals surface area contributed by atoms with Gasteiger partial charge in [0.25, 0.3) is 5.91 Å². The number of benzene rings is 2. The van der Waals surface area contributed by atoms with Crippen LogP contribution in [0.25, 0.3) is 11.0 Å². The van der Waals surface area contributed by atoms with Crippen molar-refractivity contribution in [2.24, 2.45) is 5.92 Å². The minimum Gasteiger partial charge on any atom is -0.487 e. The largest absolute Gasteiger partial charge is 0.487 e. The van der Waals surface area contributed by atoms with Crippen molar-refractivity contribution in [3.05, 3.63) is 64.9 Å². The highest BCUT2D eigenvalue weighted by Gasteiger charge is 2.27. The normalized spacial score (nSPS) is 19.5. The minimum atomic E-state index is -0.201. The van der Waals surface area contributed by atoms with Gasteiger partial charge in [-0.15, -0.1) is 0 Å². The first-order valence-electron chi connectivity index (χ1n) is 9.53. The number of carbonyl (C=O) groups excluding carboxylic acids is 1. The molecule has 1 saturated heterocycles. The van der Waals surface area contributed by atoms with Crippen LogP contribution in [0.5, 0.6) is 5.75 Å². The van der Waals surface area contributed by atoms with Crippen molar-refractivity contribution < 1.29 is 13.9 Å². The van der Waals surface area contributed by atoms with Crippen molar-refractivity contribution in [2.75, 3.05) is 13.1 Å². The molecule has 1 amide bonds. The van der Waals surface area contributed by atoms with Crippen LogP contribution >= 0.6 is 11.6 Å². The van der Waals surface area contributed by atoms with E-state index in [1.807, 2.05) is 36.4 Å².